The van der Waals surface area contributed by atoms with Crippen LogP contribution in [0.4, 0.5) is 37.9 Å². The van der Waals surface area contributed by atoms with E-state index in [-0.39, 0.29) is 22.8 Å². The summed E-state index contributed by atoms with van der Waals surface area (Å²) in [6.07, 6.45) is 2.42. The first-order chi connectivity index (χ1) is 19.9. The molecule has 13 heteroatoms. The van der Waals surface area contributed by atoms with Gasteiger partial charge in [0.05, 0.1) is 22.5 Å². The molecule has 0 aliphatic rings. The molecule has 5 rings (SSSR count). The minimum absolute atomic E-state index is 0.0532. The van der Waals surface area contributed by atoms with Gasteiger partial charge in [0.1, 0.15) is 11.3 Å². The number of halogens is 2. The molecule has 0 unspecified atom stereocenters. The van der Waals surface area contributed by atoms with E-state index >= 15 is 0 Å². The minimum atomic E-state index is -3.32. The van der Waals surface area contributed by atoms with Crippen molar-refractivity contribution < 1.29 is 22.0 Å². The highest BCUT2D eigenvalue weighted by Crippen LogP contribution is 2.32. The molecule has 1 N–H and O–H groups in total. The summed E-state index contributed by atoms with van der Waals surface area (Å²) in [5, 5.41) is 2.69. The monoisotopic (exact) mass is 591 g/mol. The Morgan fingerprint density at radius 1 is 0.952 bits per heavy atom. The molecule has 0 bridgehead atoms. The molecule has 0 fully saturated rings. The fraction of sp³-hybridized carbons (Fsp3) is 0.172. The van der Waals surface area contributed by atoms with E-state index in [4.69, 9.17) is 4.98 Å². The van der Waals surface area contributed by atoms with Crippen LogP contribution in [0.25, 0.3) is 11.0 Å². The summed E-state index contributed by atoms with van der Waals surface area (Å²) in [6.45, 7) is 0. The van der Waals surface area contributed by atoms with Gasteiger partial charge in [-0.15, -0.1) is 0 Å². The number of nitrogens with one attached hydrogen (secondary N) is 1. The van der Waals surface area contributed by atoms with Crippen LogP contribution in [0.3, 0.4) is 0 Å². The highest BCUT2D eigenvalue weighted by molar-refractivity contribution is 7.90. The fourth-order valence-electron chi connectivity index (χ4n) is 4.45. The van der Waals surface area contributed by atoms with Crippen LogP contribution in [0.5, 0.6) is 0 Å². The lowest BCUT2D eigenvalue weighted by Gasteiger charge is -2.22. The number of rotatable bonds is 8. The number of aryl methyl sites for hydroxylation is 1. The third-order valence-corrected chi connectivity index (χ3v) is 7.94. The molecule has 2 heterocycles. The molecule has 0 saturated heterocycles. The number of sulfone groups is 1. The Morgan fingerprint density at radius 3 is 2.38 bits per heavy atom. The van der Waals surface area contributed by atoms with E-state index in [0.717, 1.165) is 17.8 Å². The maximum atomic E-state index is 14.1. The summed E-state index contributed by atoms with van der Waals surface area (Å²) in [7, 11) is 2.02. The molecule has 0 spiro atoms. The van der Waals surface area contributed by atoms with Crippen molar-refractivity contribution in [1.29, 1.82) is 0 Å². The van der Waals surface area contributed by atoms with Crippen LogP contribution in [0, 0.1) is 11.6 Å². The van der Waals surface area contributed by atoms with Crippen molar-refractivity contribution in [2.75, 3.05) is 35.5 Å². The largest absolute Gasteiger partial charge is 0.327 e. The molecule has 216 valence electrons. The molecule has 5 aromatic rings. The number of fused-ring (bicyclic) bond motifs is 1. The van der Waals surface area contributed by atoms with Gasteiger partial charge in [-0.05, 0) is 48.5 Å². The third kappa shape index (κ3) is 5.63. The molecular weight excluding hydrogens is 564 g/mol. The van der Waals surface area contributed by atoms with Crippen LogP contribution < -0.4 is 15.1 Å². The maximum absolute atomic E-state index is 14.1. The number of carbonyl (C=O) groups excluding carboxylic acids is 1. The number of para-hydroxylation sites is 1. The Balaban J connectivity index is 1.40. The van der Waals surface area contributed by atoms with Gasteiger partial charge in [0.25, 0.3) is 0 Å². The standard InChI is InChI=1S/C29H27F2N7O3S/c1-36(19-11-13-20(14-12-19)42(4,40)41)28-32-16-15-24(33-28)37(2)22-9-6-10-23-27(22)35-29(38(23)3)34-25(39)17-18-7-5-8-21(30)26(18)31/h5-16H,17H2,1-4H3,(H,34,35,39). The highest BCUT2D eigenvalue weighted by Gasteiger charge is 2.19. The van der Waals surface area contributed by atoms with Gasteiger partial charge in [-0.25, -0.2) is 27.2 Å². The van der Waals surface area contributed by atoms with Gasteiger partial charge in [-0.2, -0.15) is 4.98 Å². The number of hydrogen-bond donors (Lipinski definition) is 1. The first-order valence-corrected chi connectivity index (χ1v) is 14.6. The second-order valence-electron chi connectivity index (χ2n) is 9.68. The number of hydrogen-bond acceptors (Lipinski definition) is 8. The zero-order valence-electron chi connectivity index (χ0n) is 23.2. The van der Waals surface area contributed by atoms with E-state index in [9.17, 15) is 22.0 Å². The van der Waals surface area contributed by atoms with Crippen LogP contribution >= 0.6 is 0 Å². The Hall–Kier alpha value is -4.91. The van der Waals surface area contributed by atoms with E-state index in [1.54, 1.807) is 48.0 Å². The fourth-order valence-corrected chi connectivity index (χ4v) is 5.08. The van der Waals surface area contributed by atoms with Crippen molar-refractivity contribution in [3.8, 4) is 0 Å². The molecule has 1 amide bonds. The lowest BCUT2D eigenvalue weighted by atomic mass is 10.1. The summed E-state index contributed by atoms with van der Waals surface area (Å²) in [5.74, 6) is -1.42. The molecule has 0 saturated carbocycles. The molecule has 3 aromatic carbocycles. The first-order valence-electron chi connectivity index (χ1n) is 12.7. The van der Waals surface area contributed by atoms with Gasteiger partial charge in [0, 0.05) is 44.8 Å². The average Bonchev–Trinajstić information content (AvgIpc) is 3.29. The molecule has 10 nitrogen and oxygen atoms in total. The predicted molar refractivity (Wildman–Crippen MR) is 157 cm³/mol. The first kappa shape index (κ1) is 28.6. The Bertz CT molecular complexity index is 1910. The lowest BCUT2D eigenvalue weighted by molar-refractivity contribution is -0.115. The van der Waals surface area contributed by atoms with Gasteiger partial charge in [0.15, 0.2) is 21.5 Å². The van der Waals surface area contributed by atoms with Gasteiger partial charge in [-0.3, -0.25) is 10.1 Å². The molecule has 0 aliphatic carbocycles. The summed E-state index contributed by atoms with van der Waals surface area (Å²) in [5.41, 5.74) is 2.66. The summed E-state index contributed by atoms with van der Waals surface area (Å²) in [6, 6.07) is 17.4. The van der Waals surface area contributed by atoms with E-state index in [0.29, 0.717) is 28.7 Å². The normalized spacial score (nSPS) is 11.5. The molecule has 0 aliphatic heterocycles. The van der Waals surface area contributed by atoms with Gasteiger partial charge in [-0.1, -0.05) is 18.2 Å². The van der Waals surface area contributed by atoms with E-state index in [2.05, 4.69) is 15.3 Å². The van der Waals surface area contributed by atoms with Crippen molar-refractivity contribution >= 4 is 55.9 Å². The zero-order chi connectivity index (χ0) is 30.2. The second-order valence-corrected chi connectivity index (χ2v) is 11.7. The van der Waals surface area contributed by atoms with Crippen molar-refractivity contribution in [2.45, 2.75) is 11.3 Å². The Labute approximate surface area is 241 Å². The van der Waals surface area contributed by atoms with E-state index in [1.807, 2.05) is 30.1 Å². The topological polar surface area (TPSA) is 113 Å². The Morgan fingerprint density at radius 2 is 1.67 bits per heavy atom. The number of aromatic nitrogens is 4. The molecule has 2 aromatic heterocycles. The summed E-state index contributed by atoms with van der Waals surface area (Å²) >= 11 is 0. The van der Waals surface area contributed by atoms with Gasteiger partial charge in [0.2, 0.25) is 17.8 Å². The minimum Gasteiger partial charge on any atom is -0.327 e. The predicted octanol–water partition coefficient (Wildman–Crippen LogP) is 4.76. The van der Waals surface area contributed by atoms with Crippen molar-refractivity contribution in [3.63, 3.8) is 0 Å². The van der Waals surface area contributed by atoms with Crippen LogP contribution in [-0.4, -0.2) is 54.2 Å². The third-order valence-electron chi connectivity index (χ3n) is 6.81. The number of amides is 1. The average molecular weight is 592 g/mol. The number of anilines is 5. The number of carbonyl (C=O) groups is 1. The SMILES string of the molecule is CN(c1ccc(S(C)(=O)=O)cc1)c1nccc(N(C)c2cccc3c2nc(NC(=O)Cc2cccc(F)c2F)n3C)n1. The van der Waals surface area contributed by atoms with E-state index < -0.39 is 27.4 Å². The van der Waals surface area contributed by atoms with Crippen LogP contribution in [0.15, 0.2) is 77.8 Å². The summed E-state index contributed by atoms with van der Waals surface area (Å²) < 4.78 is 53.0. The van der Waals surface area contributed by atoms with Crippen LogP contribution in [0.1, 0.15) is 5.56 Å². The lowest BCUT2D eigenvalue weighted by Crippen LogP contribution is -2.18. The molecule has 0 radical (unpaired) electrons. The smallest absolute Gasteiger partial charge is 0.231 e. The summed E-state index contributed by atoms with van der Waals surface area (Å²) in [4.78, 5) is 30.2. The second kappa shape index (κ2) is 11.2. The number of imidazole rings is 1. The van der Waals surface area contributed by atoms with E-state index in [1.165, 1.54) is 24.3 Å². The quantitative estimate of drug-likeness (QED) is 0.275. The van der Waals surface area contributed by atoms with Crippen LogP contribution in [0.2, 0.25) is 0 Å². The Kier molecular flexibility index (Phi) is 7.61. The number of benzene rings is 3. The van der Waals surface area contributed by atoms with Crippen LogP contribution in [-0.2, 0) is 28.1 Å². The molecule has 0 atom stereocenters. The maximum Gasteiger partial charge on any atom is 0.231 e. The number of nitrogens with zero attached hydrogens (tertiary/aromatic N) is 6. The highest BCUT2D eigenvalue weighted by atomic mass is 32.2. The zero-order valence-corrected chi connectivity index (χ0v) is 24.0. The molecule has 42 heavy (non-hydrogen) atoms. The van der Waals surface area contributed by atoms with Crippen molar-refractivity contribution in [3.05, 3.63) is 90.1 Å². The van der Waals surface area contributed by atoms with Gasteiger partial charge < -0.3 is 14.4 Å². The van der Waals surface area contributed by atoms with Crippen molar-refractivity contribution in [1.82, 2.24) is 19.5 Å². The van der Waals surface area contributed by atoms with Crippen molar-refractivity contribution in [2.24, 2.45) is 7.05 Å². The van der Waals surface area contributed by atoms with Gasteiger partial charge >= 0.3 is 0 Å². The molecular formula is C29H27F2N7O3S.